The fraction of sp³-hybridized carbons (Fsp3) is 0.500. The number of carbonyl (C=O) groups is 1. The van der Waals surface area contributed by atoms with Gasteiger partial charge in [0, 0.05) is 0 Å². The van der Waals surface area contributed by atoms with Gasteiger partial charge in [-0.15, -0.1) is 0 Å². The maximum atomic E-state index is 12.5. The van der Waals surface area contributed by atoms with Gasteiger partial charge in [-0.2, -0.15) is 0 Å². The highest BCUT2D eigenvalue weighted by molar-refractivity contribution is 5.79. The number of phenolic OH excluding ortho intramolecular Hbond substituents is 2. The number of amides is 1. The van der Waals surface area contributed by atoms with E-state index in [0.29, 0.717) is 11.5 Å². The molecule has 0 aromatic heterocycles. The summed E-state index contributed by atoms with van der Waals surface area (Å²) in [6.45, 7) is 6.77. The molecule has 0 fully saturated rings. The summed E-state index contributed by atoms with van der Waals surface area (Å²) in [5.41, 5.74) is 2.04. The van der Waals surface area contributed by atoms with Gasteiger partial charge >= 0.3 is 0 Å². The zero-order valence-electron chi connectivity index (χ0n) is 19.6. The van der Waals surface area contributed by atoms with Crippen molar-refractivity contribution >= 4 is 5.91 Å². The Morgan fingerprint density at radius 2 is 1.61 bits per heavy atom. The maximum absolute atomic E-state index is 12.5. The predicted molar refractivity (Wildman–Crippen MR) is 126 cm³/mol. The van der Waals surface area contributed by atoms with E-state index >= 15 is 0 Å². The number of phenols is 2. The van der Waals surface area contributed by atoms with Gasteiger partial charge in [-0.05, 0) is 49.2 Å². The van der Waals surface area contributed by atoms with Crippen molar-refractivity contribution in [3.63, 3.8) is 0 Å². The van der Waals surface area contributed by atoms with Gasteiger partial charge in [-0.3, -0.25) is 4.79 Å². The standard InChI is InChI=1S/C26H38N2O3/c1-6-7-9-12-18(2)19(3)21-15-22(29)25(23(30)16-21)26(20-13-10-8-11-14-20)27-24(31)17-28(4)5/h8,10-11,13-16,18-19,26,29-30H,6-7,9,12,17H2,1-5H3,(H,27,31). The lowest BCUT2D eigenvalue weighted by molar-refractivity contribution is -0.122. The van der Waals surface area contributed by atoms with Crippen molar-refractivity contribution in [3.8, 4) is 11.5 Å². The lowest BCUT2D eigenvalue weighted by atomic mass is 9.84. The summed E-state index contributed by atoms with van der Waals surface area (Å²) in [5.74, 6) is 0.477. The maximum Gasteiger partial charge on any atom is 0.234 e. The lowest BCUT2D eigenvalue weighted by Gasteiger charge is -2.25. The number of hydrogen-bond donors (Lipinski definition) is 3. The molecule has 0 aliphatic heterocycles. The summed E-state index contributed by atoms with van der Waals surface area (Å²) in [5, 5.41) is 24.8. The van der Waals surface area contributed by atoms with Crippen molar-refractivity contribution in [2.45, 2.75) is 58.4 Å². The van der Waals surface area contributed by atoms with Gasteiger partial charge in [0.1, 0.15) is 11.5 Å². The minimum absolute atomic E-state index is 0.00149. The molecule has 0 saturated carbocycles. The number of nitrogens with zero attached hydrogens (tertiary/aromatic N) is 1. The molecule has 2 aromatic carbocycles. The van der Waals surface area contributed by atoms with E-state index < -0.39 is 6.04 Å². The molecule has 3 N–H and O–H groups in total. The molecule has 1 amide bonds. The normalized spacial score (nSPS) is 14.3. The molecule has 0 radical (unpaired) electrons. The minimum atomic E-state index is -0.639. The topological polar surface area (TPSA) is 72.8 Å². The molecule has 0 heterocycles. The Kier molecular flexibility index (Phi) is 9.38. The van der Waals surface area contributed by atoms with Crippen LogP contribution in [0.4, 0.5) is 0 Å². The van der Waals surface area contributed by atoms with Crippen LogP contribution >= 0.6 is 0 Å². The van der Waals surface area contributed by atoms with Crippen molar-refractivity contribution in [2.24, 2.45) is 5.92 Å². The van der Waals surface area contributed by atoms with Gasteiger partial charge in [-0.1, -0.05) is 76.8 Å². The van der Waals surface area contributed by atoms with Crippen LogP contribution in [-0.4, -0.2) is 41.7 Å². The van der Waals surface area contributed by atoms with Gasteiger partial charge in [0.05, 0.1) is 18.2 Å². The summed E-state index contributed by atoms with van der Waals surface area (Å²) in [4.78, 5) is 14.3. The Bertz CT molecular complexity index is 813. The van der Waals surface area contributed by atoms with E-state index in [1.165, 1.54) is 19.3 Å². The van der Waals surface area contributed by atoms with E-state index in [2.05, 4.69) is 26.1 Å². The third-order valence-electron chi connectivity index (χ3n) is 5.99. The molecule has 2 rings (SSSR count). The van der Waals surface area contributed by atoms with E-state index in [-0.39, 0.29) is 29.9 Å². The van der Waals surface area contributed by atoms with Crippen LogP contribution in [-0.2, 0) is 4.79 Å². The fourth-order valence-electron chi connectivity index (χ4n) is 3.96. The van der Waals surface area contributed by atoms with E-state index in [1.54, 1.807) is 17.0 Å². The second kappa shape index (κ2) is 11.8. The number of likely N-dealkylation sites (N-methyl/N-ethyl adjacent to an activating group) is 1. The lowest BCUT2D eigenvalue weighted by Crippen LogP contribution is -2.36. The van der Waals surface area contributed by atoms with Crippen LogP contribution in [0.25, 0.3) is 0 Å². The molecular weight excluding hydrogens is 388 g/mol. The summed E-state index contributed by atoms with van der Waals surface area (Å²) >= 11 is 0. The third kappa shape index (κ3) is 7.00. The Labute approximate surface area is 187 Å². The molecule has 0 bridgehead atoms. The molecule has 0 aliphatic carbocycles. The summed E-state index contributed by atoms with van der Waals surface area (Å²) in [6.07, 6.45) is 4.72. The van der Waals surface area contributed by atoms with Crippen molar-refractivity contribution in [3.05, 3.63) is 59.2 Å². The Morgan fingerprint density at radius 3 is 2.16 bits per heavy atom. The van der Waals surface area contributed by atoms with Crippen molar-refractivity contribution < 1.29 is 15.0 Å². The summed E-state index contributed by atoms with van der Waals surface area (Å²) in [7, 11) is 3.65. The van der Waals surface area contributed by atoms with Crippen molar-refractivity contribution in [1.82, 2.24) is 10.2 Å². The summed E-state index contributed by atoms with van der Waals surface area (Å²) in [6, 6.07) is 12.3. The molecule has 3 atom stereocenters. The SMILES string of the molecule is CCCCCC(C)C(C)c1cc(O)c(C(NC(=O)CN(C)C)c2ccccc2)c(O)c1. The van der Waals surface area contributed by atoms with Gasteiger partial charge in [0.15, 0.2) is 0 Å². The summed E-state index contributed by atoms with van der Waals surface area (Å²) < 4.78 is 0. The molecule has 3 unspecified atom stereocenters. The minimum Gasteiger partial charge on any atom is -0.507 e. The smallest absolute Gasteiger partial charge is 0.234 e. The molecule has 0 saturated heterocycles. The third-order valence-corrected chi connectivity index (χ3v) is 5.99. The second-order valence-electron chi connectivity index (χ2n) is 8.88. The monoisotopic (exact) mass is 426 g/mol. The first-order valence-corrected chi connectivity index (χ1v) is 11.3. The van der Waals surface area contributed by atoms with E-state index in [0.717, 1.165) is 17.5 Å². The van der Waals surface area contributed by atoms with Crippen LogP contribution in [0.1, 0.15) is 75.1 Å². The second-order valence-corrected chi connectivity index (χ2v) is 8.88. The fourth-order valence-corrected chi connectivity index (χ4v) is 3.96. The Hall–Kier alpha value is -2.53. The first-order valence-electron chi connectivity index (χ1n) is 11.3. The first-order chi connectivity index (χ1) is 14.7. The van der Waals surface area contributed by atoms with Crippen LogP contribution in [0.15, 0.2) is 42.5 Å². The Balaban J connectivity index is 2.35. The molecule has 5 heteroatoms. The number of aromatic hydroxyl groups is 2. The highest BCUT2D eigenvalue weighted by Crippen LogP contribution is 2.40. The van der Waals surface area contributed by atoms with Crippen LogP contribution in [0.2, 0.25) is 0 Å². The van der Waals surface area contributed by atoms with Gasteiger partial charge in [0.2, 0.25) is 5.91 Å². The van der Waals surface area contributed by atoms with Crippen molar-refractivity contribution in [1.29, 1.82) is 0 Å². The van der Waals surface area contributed by atoms with Gasteiger partial charge in [0.25, 0.3) is 0 Å². The van der Waals surface area contributed by atoms with Gasteiger partial charge in [-0.25, -0.2) is 0 Å². The molecule has 170 valence electrons. The zero-order chi connectivity index (χ0) is 23.0. The number of nitrogens with one attached hydrogen (secondary N) is 1. The molecule has 2 aromatic rings. The number of benzene rings is 2. The zero-order valence-corrected chi connectivity index (χ0v) is 19.6. The molecule has 5 nitrogen and oxygen atoms in total. The van der Waals surface area contributed by atoms with E-state index in [1.807, 2.05) is 44.4 Å². The van der Waals surface area contributed by atoms with E-state index in [9.17, 15) is 15.0 Å². The largest absolute Gasteiger partial charge is 0.507 e. The average molecular weight is 427 g/mol. The highest BCUT2D eigenvalue weighted by atomic mass is 16.3. The number of rotatable bonds is 11. The van der Waals surface area contributed by atoms with Crippen LogP contribution in [0, 0.1) is 5.92 Å². The first kappa shape index (κ1) is 24.7. The highest BCUT2D eigenvalue weighted by Gasteiger charge is 2.26. The number of carbonyl (C=O) groups excluding carboxylic acids is 1. The van der Waals surface area contributed by atoms with Gasteiger partial charge < -0.3 is 20.4 Å². The van der Waals surface area contributed by atoms with Crippen LogP contribution in [0.3, 0.4) is 0 Å². The average Bonchev–Trinajstić information content (AvgIpc) is 2.72. The van der Waals surface area contributed by atoms with E-state index in [4.69, 9.17) is 0 Å². The molecule has 0 aliphatic rings. The molecular formula is C26H38N2O3. The van der Waals surface area contributed by atoms with Crippen molar-refractivity contribution in [2.75, 3.05) is 20.6 Å². The predicted octanol–water partition coefficient (Wildman–Crippen LogP) is 5.18. The number of unbranched alkanes of at least 4 members (excludes halogenated alkanes) is 2. The van der Waals surface area contributed by atoms with Crippen LogP contribution in [0.5, 0.6) is 11.5 Å². The number of hydrogen-bond acceptors (Lipinski definition) is 4. The Morgan fingerprint density at radius 1 is 1.00 bits per heavy atom. The quantitative estimate of drug-likeness (QED) is 0.433. The van der Waals surface area contributed by atoms with Crippen LogP contribution < -0.4 is 5.32 Å². The molecule has 0 spiro atoms. The molecule has 31 heavy (non-hydrogen) atoms.